The number of nitriles is 1. The zero-order chi connectivity index (χ0) is 19.0. The van der Waals surface area contributed by atoms with Gasteiger partial charge in [-0.3, -0.25) is 4.98 Å². The van der Waals surface area contributed by atoms with Gasteiger partial charge in [-0.15, -0.1) is 0 Å². The van der Waals surface area contributed by atoms with Gasteiger partial charge in [0.25, 0.3) is 0 Å². The zero-order valence-electron chi connectivity index (χ0n) is 14.5. The van der Waals surface area contributed by atoms with Crippen molar-refractivity contribution >= 4 is 28.6 Å². The number of halogens is 2. The van der Waals surface area contributed by atoms with Crippen LogP contribution in [0.5, 0.6) is 0 Å². The second-order valence-electron chi connectivity index (χ2n) is 6.66. The highest BCUT2D eigenvalue weighted by Gasteiger charge is 2.29. The average molecular weight is 385 g/mol. The lowest BCUT2D eigenvalue weighted by molar-refractivity contribution is 0.244. The van der Waals surface area contributed by atoms with Crippen LogP contribution < -0.4 is 10.6 Å². The second kappa shape index (κ2) is 7.14. The number of nitrogens with zero attached hydrogens (tertiary/aromatic N) is 5. The number of piperidine rings is 1. The summed E-state index contributed by atoms with van der Waals surface area (Å²) in [4.78, 5) is 11.0. The van der Waals surface area contributed by atoms with E-state index in [0.29, 0.717) is 36.0 Å². The van der Waals surface area contributed by atoms with Crippen molar-refractivity contribution in [2.75, 3.05) is 11.4 Å². The number of hydrogen-bond donors (Lipinski definition) is 1. The number of anilines is 1. The first kappa shape index (κ1) is 17.7. The largest absolute Gasteiger partial charge is 0.327 e. The Morgan fingerprint density at radius 3 is 2.89 bits per heavy atom. The van der Waals surface area contributed by atoms with Gasteiger partial charge in [-0.1, -0.05) is 11.6 Å². The zero-order valence-corrected chi connectivity index (χ0v) is 15.3. The third-order valence-corrected chi connectivity index (χ3v) is 5.04. The number of imidazole rings is 1. The summed E-state index contributed by atoms with van der Waals surface area (Å²) in [5, 5.41) is 9.55. The van der Waals surface area contributed by atoms with Gasteiger partial charge in [-0.25, -0.2) is 9.37 Å². The number of aromatic nitrogens is 3. The molecule has 27 heavy (non-hydrogen) atoms. The highest BCUT2D eigenvalue weighted by atomic mass is 35.5. The van der Waals surface area contributed by atoms with E-state index in [1.54, 1.807) is 18.3 Å². The molecule has 1 fully saturated rings. The second-order valence-corrected chi connectivity index (χ2v) is 7.10. The van der Waals surface area contributed by atoms with Gasteiger partial charge in [0.2, 0.25) is 5.95 Å². The summed E-state index contributed by atoms with van der Waals surface area (Å²) in [6.07, 6.45) is 0.925. The number of fused-ring (bicyclic) bond motifs is 1. The maximum atomic E-state index is 13.7. The molecule has 0 radical (unpaired) electrons. The summed E-state index contributed by atoms with van der Waals surface area (Å²) in [6, 6.07) is 11.1. The molecule has 138 valence electrons. The van der Waals surface area contributed by atoms with Gasteiger partial charge in [0.1, 0.15) is 12.2 Å². The van der Waals surface area contributed by atoms with Crippen LogP contribution in [0.1, 0.15) is 24.1 Å². The lowest BCUT2D eigenvalue weighted by Crippen LogP contribution is -2.49. The first-order valence-electron chi connectivity index (χ1n) is 8.72. The molecule has 0 amide bonds. The van der Waals surface area contributed by atoms with Crippen LogP contribution in [0, 0.1) is 11.3 Å². The van der Waals surface area contributed by atoms with E-state index in [1.165, 1.54) is 0 Å². The molecule has 1 aliphatic rings. The van der Waals surface area contributed by atoms with Crippen LogP contribution in [-0.4, -0.2) is 33.4 Å². The van der Waals surface area contributed by atoms with Crippen LogP contribution in [0.15, 0.2) is 36.5 Å². The van der Waals surface area contributed by atoms with Crippen molar-refractivity contribution in [1.82, 2.24) is 14.5 Å². The molecule has 4 rings (SSSR count). The molecule has 1 aliphatic heterocycles. The van der Waals surface area contributed by atoms with Crippen LogP contribution >= 0.6 is 11.6 Å². The number of pyridine rings is 1. The molecule has 2 aromatic heterocycles. The number of hydrogen-bond acceptors (Lipinski definition) is 5. The van der Waals surface area contributed by atoms with Crippen molar-refractivity contribution in [3.8, 4) is 6.07 Å². The summed E-state index contributed by atoms with van der Waals surface area (Å²) < 4.78 is 15.7. The SMILES string of the molecule is N#Cc1ccc(Cn2c(N3CC[C@@H](F)CC3N)nc3cc(Cl)ccc32)nc1. The third-order valence-electron chi connectivity index (χ3n) is 4.80. The van der Waals surface area contributed by atoms with E-state index in [-0.39, 0.29) is 6.42 Å². The predicted molar refractivity (Wildman–Crippen MR) is 102 cm³/mol. The molecule has 6 nitrogen and oxygen atoms in total. The van der Waals surface area contributed by atoms with Crippen LogP contribution in [0.25, 0.3) is 11.0 Å². The van der Waals surface area contributed by atoms with Crippen LogP contribution in [0.3, 0.4) is 0 Å². The molecule has 0 aliphatic carbocycles. The van der Waals surface area contributed by atoms with Gasteiger partial charge < -0.3 is 15.2 Å². The van der Waals surface area contributed by atoms with Crippen molar-refractivity contribution in [3.63, 3.8) is 0 Å². The maximum Gasteiger partial charge on any atom is 0.208 e. The number of benzene rings is 1. The lowest BCUT2D eigenvalue weighted by atomic mass is 10.1. The van der Waals surface area contributed by atoms with Gasteiger partial charge in [0.15, 0.2) is 0 Å². The molecule has 1 aromatic carbocycles. The lowest BCUT2D eigenvalue weighted by Gasteiger charge is -2.35. The minimum absolute atomic E-state index is 0.277. The summed E-state index contributed by atoms with van der Waals surface area (Å²) >= 11 is 6.13. The van der Waals surface area contributed by atoms with Gasteiger partial charge in [-0.2, -0.15) is 5.26 Å². The Morgan fingerprint density at radius 1 is 1.33 bits per heavy atom. The molecule has 0 saturated carbocycles. The molecular formula is C19H18ClFN6. The number of nitrogens with two attached hydrogens (primary N) is 1. The van der Waals surface area contributed by atoms with Crippen molar-refractivity contribution in [1.29, 1.82) is 5.26 Å². The van der Waals surface area contributed by atoms with Gasteiger partial charge in [-0.05, 0) is 36.8 Å². The van der Waals surface area contributed by atoms with E-state index in [9.17, 15) is 4.39 Å². The van der Waals surface area contributed by atoms with E-state index < -0.39 is 12.3 Å². The molecule has 0 spiro atoms. The van der Waals surface area contributed by atoms with E-state index in [0.717, 1.165) is 16.7 Å². The quantitative estimate of drug-likeness (QED) is 0.749. The molecule has 2 atom stereocenters. The predicted octanol–water partition coefficient (Wildman–Crippen LogP) is 3.23. The van der Waals surface area contributed by atoms with E-state index in [4.69, 9.17) is 27.6 Å². The number of rotatable bonds is 3. The molecule has 2 N–H and O–H groups in total. The molecule has 1 saturated heterocycles. The molecule has 8 heteroatoms. The minimum Gasteiger partial charge on any atom is -0.327 e. The minimum atomic E-state index is -0.885. The Bertz CT molecular complexity index is 1010. The van der Waals surface area contributed by atoms with E-state index >= 15 is 0 Å². The van der Waals surface area contributed by atoms with Crippen molar-refractivity contribution in [2.24, 2.45) is 5.73 Å². The smallest absolute Gasteiger partial charge is 0.208 e. The van der Waals surface area contributed by atoms with Crippen LogP contribution in [0.2, 0.25) is 5.02 Å². The summed E-state index contributed by atoms with van der Waals surface area (Å²) in [5.41, 5.74) is 9.16. The summed E-state index contributed by atoms with van der Waals surface area (Å²) in [5.74, 6) is 0.679. The normalized spacial score (nSPS) is 20.0. The van der Waals surface area contributed by atoms with Crippen LogP contribution in [0.4, 0.5) is 10.3 Å². The van der Waals surface area contributed by atoms with Gasteiger partial charge in [0.05, 0.1) is 35.0 Å². The molecule has 3 aromatic rings. The highest BCUT2D eigenvalue weighted by molar-refractivity contribution is 6.31. The first-order valence-corrected chi connectivity index (χ1v) is 9.10. The third kappa shape index (κ3) is 3.46. The first-order chi connectivity index (χ1) is 13.0. The fraction of sp³-hybridized carbons (Fsp3) is 0.316. The van der Waals surface area contributed by atoms with E-state index in [1.807, 2.05) is 27.7 Å². The van der Waals surface area contributed by atoms with Crippen molar-refractivity contribution < 1.29 is 4.39 Å². The highest BCUT2D eigenvalue weighted by Crippen LogP contribution is 2.29. The Labute approximate surface area is 161 Å². The Hall–Kier alpha value is -2.69. The van der Waals surface area contributed by atoms with Crippen LogP contribution in [-0.2, 0) is 6.54 Å². The average Bonchev–Trinajstić information content (AvgIpc) is 2.99. The Balaban J connectivity index is 1.77. The standard InChI is InChI=1S/C19H18ClFN6/c20-13-2-4-17-16(7-13)25-19(26-6-5-14(21)8-18(26)23)27(17)11-15-3-1-12(9-22)10-24-15/h1-4,7,10,14,18H,5-6,8,11,23H2/t14-,18?/m1/s1. The number of alkyl halides is 1. The fourth-order valence-electron chi connectivity index (χ4n) is 3.41. The summed E-state index contributed by atoms with van der Waals surface area (Å²) in [6.45, 7) is 0.960. The fourth-order valence-corrected chi connectivity index (χ4v) is 3.58. The topological polar surface area (TPSA) is 83.8 Å². The molecule has 3 heterocycles. The summed E-state index contributed by atoms with van der Waals surface area (Å²) in [7, 11) is 0. The van der Waals surface area contributed by atoms with Gasteiger partial charge in [0, 0.05) is 24.2 Å². The Morgan fingerprint density at radius 2 is 2.19 bits per heavy atom. The molecular weight excluding hydrogens is 367 g/mol. The van der Waals surface area contributed by atoms with E-state index in [2.05, 4.69) is 11.1 Å². The molecule has 0 bridgehead atoms. The monoisotopic (exact) mass is 384 g/mol. The molecule has 1 unspecified atom stereocenters. The van der Waals surface area contributed by atoms with Gasteiger partial charge >= 0.3 is 0 Å². The maximum absolute atomic E-state index is 13.7. The van der Waals surface area contributed by atoms with Crippen molar-refractivity contribution in [2.45, 2.75) is 31.7 Å². The Kier molecular flexibility index (Phi) is 4.68. The van der Waals surface area contributed by atoms with Crippen molar-refractivity contribution in [3.05, 3.63) is 52.8 Å².